The van der Waals surface area contributed by atoms with Gasteiger partial charge in [0.25, 0.3) is 5.91 Å². The maximum atomic E-state index is 13.1. The van der Waals surface area contributed by atoms with E-state index in [9.17, 15) is 22.8 Å². The number of anilines is 1. The molecule has 1 aromatic heterocycles. The number of fused-ring (bicyclic) bond motifs is 1. The lowest BCUT2D eigenvalue weighted by molar-refractivity contribution is -0.137. The minimum atomic E-state index is -4.51. The highest BCUT2D eigenvalue weighted by Gasteiger charge is 2.30. The number of aromatic nitrogens is 2. The van der Waals surface area contributed by atoms with E-state index >= 15 is 0 Å². The van der Waals surface area contributed by atoms with Gasteiger partial charge in [-0.2, -0.15) is 13.2 Å². The van der Waals surface area contributed by atoms with Crippen LogP contribution < -0.4 is 14.8 Å². The number of amides is 1. The first-order valence-corrected chi connectivity index (χ1v) is 12.4. The number of nitrogens with one attached hydrogen (secondary N) is 1. The van der Waals surface area contributed by atoms with E-state index in [-0.39, 0.29) is 40.1 Å². The largest absolute Gasteiger partial charge is 0.506 e. The summed E-state index contributed by atoms with van der Waals surface area (Å²) in [5, 5.41) is 11.7. The van der Waals surface area contributed by atoms with Gasteiger partial charge >= 0.3 is 12.3 Å². The molecule has 1 amide bonds. The average molecular weight is 586 g/mol. The fourth-order valence-electron chi connectivity index (χ4n) is 4.09. The first-order chi connectivity index (χ1) is 19.6. The Bertz CT molecular complexity index is 1610. The monoisotopic (exact) mass is 585 g/mol. The van der Waals surface area contributed by atoms with Gasteiger partial charge in [-0.25, -0.2) is 14.8 Å². The Hall–Kier alpha value is -4.84. The van der Waals surface area contributed by atoms with Gasteiger partial charge in [0.1, 0.15) is 23.4 Å². The molecule has 5 rings (SSSR count). The summed E-state index contributed by atoms with van der Waals surface area (Å²) < 4.78 is 55.6. The molecule has 4 aromatic rings. The standard InChI is InChI=1S/C28H19ClF3N3O6/c29-20-13-19-22(41-27(37)38)9-11-39-23(19)14-24(20)40-18-6-4-15(5-7-18)25(36)35-26-33-10-8-21(34-26)16-2-1-3-17(12-16)28(30,31)32/h1-8,10,12-14,22H,9,11H2,(H,37,38)(H,33,34,35,36). The summed E-state index contributed by atoms with van der Waals surface area (Å²) >= 11 is 6.36. The Kier molecular flexibility index (Phi) is 7.66. The quantitative estimate of drug-likeness (QED) is 0.225. The van der Waals surface area contributed by atoms with Crippen LogP contribution in [-0.2, 0) is 10.9 Å². The number of alkyl halides is 3. The van der Waals surface area contributed by atoms with Crippen molar-refractivity contribution in [3.8, 4) is 28.5 Å². The van der Waals surface area contributed by atoms with E-state index in [2.05, 4.69) is 15.3 Å². The predicted octanol–water partition coefficient (Wildman–Crippen LogP) is 7.38. The Morgan fingerprint density at radius 2 is 1.85 bits per heavy atom. The topological polar surface area (TPSA) is 120 Å². The Labute approximate surface area is 235 Å². The minimum absolute atomic E-state index is 0.0868. The number of benzene rings is 3. The number of hydrogen-bond acceptors (Lipinski definition) is 7. The van der Waals surface area contributed by atoms with Gasteiger partial charge in [0.2, 0.25) is 5.95 Å². The minimum Gasteiger partial charge on any atom is -0.493 e. The Morgan fingerprint density at radius 3 is 2.59 bits per heavy atom. The molecule has 0 saturated carbocycles. The van der Waals surface area contributed by atoms with Crippen LogP contribution in [0.25, 0.3) is 11.3 Å². The smallest absolute Gasteiger partial charge is 0.493 e. The fraction of sp³-hybridized carbons (Fsp3) is 0.143. The van der Waals surface area contributed by atoms with E-state index in [1.54, 1.807) is 0 Å². The number of halogens is 4. The number of carbonyl (C=O) groups is 2. The van der Waals surface area contributed by atoms with E-state index in [1.165, 1.54) is 60.8 Å². The van der Waals surface area contributed by atoms with Crippen LogP contribution in [0.1, 0.15) is 34.0 Å². The molecule has 1 aliphatic heterocycles. The summed E-state index contributed by atoms with van der Waals surface area (Å²) in [6.07, 6.45) is -4.94. The van der Waals surface area contributed by atoms with E-state index in [4.69, 9.17) is 30.9 Å². The zero-order valence-corrected chi connectivity index (χ0v) is 21.6. The second-order valence-corrected chi connectivity index (χ2v) is 9.16. The number of carbonyl (C=O) groups excluding carboxylic acids is 1. The van der Waals surface area contributed by atoms with E-state index < -0.39 is 29.9 Å². The van der Waals surface area contributed by atoms with Crippen LogP contribution in [0.4, 0.5) is 23.9 Å². The molecule has 13 heteroatoms. The van der Waals surface area contributed by atoms with E-state index in [0.29, 0.717) is 23.5 Å². The summed E-state index contributed by atoms with van der Waals surface area (Å²) in [6, 6.07) is 15.2. The van der Waals surface area contributed by atoms with Crippen LogP contribution in [0, 0.1) is 0 Å². The van der Waals surface area contributed by atoms with Crippen molar-refractivity contribution in [1.82, 2.24) is 9.97 Å². The Balaban J connectivity index is 1.27. The molecule has 41 heavy (non-hydrogen) atoms. The molecule has 3 aromatic carbocycles. The molecule has 1 atom stereocenters. The molecule has 1 aliphatic rings. The van der Waals surface area contributed by atoms with Crippen molar-refractivity contribution in [2.75, 3.05) is 11.9 Å². The molecule has 2 N–H and O–H groups in total. The molecule has 1 unspecified atom stereocenters. The summed E-state index contributed by atoms with van der Waals surface area (Å²) in [4.78, 5) is 31.9. The van der Waals surface area contributed by atoms with Crippen molar-refractivity contribution in [2.45, 2.75) is 18.7 Å². The molecule has 210 valence electrons. The number of carboxylic acid groups (broad SMARTS) is 1. The van der Waals surface area contributed by atoms with Crippen LogP contribution in [0.3, 0.4) is 0 Å². The third kappa shape index (κ3) is 6.49. The normalized spacial score (nSPS) is 14.4. The van der Waals surface area contributed by atoms with Gasteiger partial charge < -0.3 is 19.3 Å². The highest BCUT2D eigenvalue weighted by atomic mass is 35.5. The zero-order chi connectivity index (χ0) is 29.1. The van der Waals surface area contributed by atoms with Crippen LogP contribution >= 0.6 is 11.6 Å². The number of hydrogen-bond donors (Lipinski definition) is 2. The van der Waals surface area contributed by atoms with Crippen LogP contribution in [-0.4, -0.2) is 33.7 Å². The number of rotatable bonds is 6. The molecule has 2 heterocycles. The van der Waals surface area contributed by atoms with Crippen LogP contribution in [0.15, 0.2) is 72.9 Å². The fourth-order valence-corrected chi connectivity index (χ4v) is 4.30. The summed E-state index contributed by atoms with van der Waals surface area (Å²) in [5.74, 6) is 0.336. The lowest BCUT2D eigenvalue weighted by Gasteiger charge is -2.25. The van der Waals surface area contributed by atoms with Crippen LogP contribution in [0.2, 0.25) is 5.02 Å². The third-order valence-electron chi connectivity index (χ3n) is 6.00. The first-order valence-electron chi connectivity index (χ1n) is 12.0. The maximum absolute atomic E-state index is 13.1. The molecule has 9 nitrogen and oxygen atoms in total. The average Bonchev–Trinajstić information content (AvgIpc) is 2.94. The summed E-state index contributed by atoms with van der Waals surface area (Å²) in [5.41, 5.74) is 0.329. The summed E-state index contributed by atoms with van der Waals surface area (Å²) in [6.45, 7) is 0.252. The van der Waals surface area contributed by atoms with Gasteiger partial charge in [-0.3, -0.25) is 10.1 Å². The second-order valence-electron chi connectivity index (χ2n) is 8.75. The molecule has 0 saturated heterocycles. The molecule has 0 radical (unpaired) electrons. The zero-order valence-electron chi connectivity index (χ0n) is 20.8. The van der Waals surface area contributed by atoms with Crippen molar-refractivity contribution in [1.29, 1.82) is 0 Å². The van der Waals surface area contributed by atoms with E-state index in [1.807, 2.05) is 0 Å². The van der Waals surface area contributed by atoms with Gasteiger partial charge in [0.05, 0.1) is 22.9 Å². The number of nitrogens with zero attached hydrogens (tertiary/aromatic N) is 2. The van der Waals surface area contributed by atoms with E-state index in [0.717, 1.165) is 12.1 Å². The summed E-state index contributed by atoms with van der Waals surface area (Å²) in [7, 11) is 0. The molecule has 0 spiro atoms. The molecule has 0 bridgehead atoms. The van der Waals surface area contributed by atoms with Gasteiger partial charge in [0, 0.05) is 35.4 Å². The second kappa shape index (κ2) is 11.3. The van der Waals surface area contributed by atoms with Gasteiger partial charge in [-0.05, 0) is 48.5 Å². The van der Waals surface area contributed by atoms with Crippen molar-refractivity contribution in [2.24, 2.45) is 0 Å². The maximum Gasteiger partial charge on any atom is 0.506 e. The molecular formula is C28H19ClF3N3O6. The van der Waals surface area contributed by atoms with Crippen molar-refractivity contribution < 1.29 is 42.1 Å². The van der Waals surface area contributed by atoms with Crippen molar-refractivity contribution in [3.63, 3.8) is 0 Å². The Morgan fingerprint density at radius 1 is 1.07 bits per heavy atom. The highest BCUT2D eigenvalue weighted by Crippen LogP contribution is 2.42. The molecular weight excluding hydrogens is 567 g/mol. The first kappa shape index (κ1) is 27.7. The van der Waals surface area contributed by atoms with Gasteiger partial charge in [0.15, 0.2) is 0 Å². The SMILES string of the molecule is O=C(O)OC1CCOc2cc(Oc3ccc(C(=O)Nc4nccc(-c5cccc(C(F)(F)F)c5)n4)cc3)c(Cl)cc21. The predicted molar refractivity (Wildman–Crippen MR) is 140 cm³/mol. The third-order valence-corrected chi connectivity index (χ3v) is 6.30. The van der Waals surface area contributed by atoms with Crippen LogP contribution in [0.5, 0.6) is 17.2 Å². The van der Waals surface area contributed by atoms with Gasteiger partial charge in [-0.15, -0.1) is 0 Å². The lowest BCUT2D eigenvalue weighted by Crippen LogP contribution is -2.18. The van der Waals surface area contributed by atoms with Crippen molar-refractivity contribution >= 4 is 29.6 Å². The molecule has 0 aliphatic carbocycles. The molecule has 0 fully saturated rings. The number of ether oxygens (including phenoxy) is 3. The van der Waals surface area contributed by atoms with Gasteiger partial charge in [-0.1, -0.05) is 23.7 Å². The highest BCUT2D eigenvalue weighted by molar-refractivity contribution is 6.32. The van der Waals surface area contributed by atoms with Crippen molar-refractivity contribution in [3.05, 3.63) is 94.6 Å². The lowest BCUT2D eigenvalue weighted by atomic mass is 10.0.